The van der Waals surface area contributed by atoms with Crippen LogP contribution in [0.4, 0.5) is 5.69 Å². The van der Waals surface area contributed by atoms with Crippen LogP contribution in [0.25, 0.3) is 10.2 Å². The van der Waals surface area contributed by atoms with Crippen LogP contribution in [0.1, 0.15) is 22.3 Å². The minimum atomic E-state index is -0.706. The standard InChI is InChI=1S/C18H16ClN3O2S/c1-10(20-18(24)13-5-3-4-6-14(13)19)17(23)22-12-7-8-15-16(9-12)25-11(2)21-15/h3-10H,1-2H3,(H,20,24)(H,22,23)/t10-/m0/s1. The summed E-state index contributed by atoms with van der Waals surface area (Å²) < 4.78 is 1.00. The lowest BCUT2D eigenvalue weighted by atomic mass is 10.2. The van der Waals surface area contributed by atoms with Crippen molar-refractivity contribution in [1.29, 1.82) is 0 Å². The van der Waals surface area contributed by atoms with Gasteiger partial charge in [-0.05, 0) is 44.2 Å². The molecule has 25 heavy (non-hydrogen) atoms. The van der Waals surface area contributed by atoms with Crippen molar-refractivity contribution in [1.82, 2.24) is 10.3 Å². The highest BCUT2D eigenvalue weighted by atomic mass is 35.5. The van der Waals surface area contributed by atoms with E-state index in [9.17, 15) is 9.59 Å². The summed E-state index contributed by atoms with van der Waals surface area (Å²) in [7, 11) is 0. The van der Waals surface area contributed by atoms with Gasteiger partial charge in [0.2, 0.25) is 5.91 Å². The van der Waals surface area contributed by atoms with Gasteiger partial charge in [0.1, 0.15) is 6.04 Å². The third-order valence-electron chi connectivity index (χ3n) is 3.62. The molecule has 7 heteroatoms. The highest BCUT2D eigenvalue weighted by Crippen LogP contribution is 2.24. The molecule has 0 aliphatic carbocycles. The van der Waals surface area contributed by atoms with Crippen LogP contribution in [-0.4, -0.2) is 22.8 Å². The molecule has 2 amide bonds. The molecule has 3 rings (SSSR count). The van der Waals surface area contributed by atoms with Gasteiger partial charge >= 0.3 is 0 Å². The number of aryl methyl sites for hydroxylation is 1. The Labute approximate surface area is 154 Å². The maximum atomic E-state index is 12.3. The quantitative estimate of drug-likeness (QED) is 0.725. The molecule has 0 unspecified atom stereocenters. The van der Waals surface area contributed by atoms with E-state index >= 15 is 0 Å². The molecule has 2 aromatic carbocycles. The van der Waals surface area contributed by atoms with Gasteiger partial charge in [-0.25, -0.2) is 4.98 Å². The van der Waals surface area contributed by atoms with E-state index in [4.69, 9.17) is 11.6 Å². The van der Waals surface area contributed by atoms with Gasteiger partial charge in [0.15, 0.2) is 0 Å². The van der Waals surface area contributed by atoms with Crippen molar-refractivity contribution in [2.75, 3.05) is 5.32 Å². The molecular weight excluding hydrogens is 358 g/mol. The zero-order valence-electron chi connectivity index (χ0n) is 13.7. The highest BCUT2D eigenvalue weighted by Gasteiger charge is 2.18. The molecular formula is C18H16ClN3O2S. The molecule has 0 aliphatic rings. The topological polar surface area (TPSA) is 71.1 Å². The summed E-state index contributed by atoms with van der Waals surface area (Å²) in [5, 5.41) is 6.78. The van der Waals surface area contributed by atoms with Gasteiger partial charge in [0, 0.05) is 5.69 Å². The number of hydrogen-bond donors (Lipinski definition) is 2. The molecule has 128 valence electrons. The van der Waals surface area contributed by atoms with E-state index in [0.29, 0.717) is 16.3 Å². The first-order valence-corrected chi connectivity index (χ1v) is 8.87. The molecule has 2 N–H and O–H groups in total. The van der Waals surface area contributed by atoms with Crippen molar-refractivity contribution in [3.8, 4) is 0 Å². The lowest BCUT2D eigenvalue weighted by molar-refractivity contribution is -0.117. The molecule has 0 saturated heterocycles. The van der Waals surface area contributed by atoms with E-state index in [-0.39, 0.29) is 11.8 Å². The first kappa shape index (κ1) is 17.4. The van der Waals surface area contributed by atoms with Crippen molar-refractivity contribution in [3.05, 3.63) is 58.1 Å². The Bertz CT molecular complexity index is 954. The molecule has 5 nitrogen and oxygen atoms in total. The largest absolute Gasteiger partial charge is 0.340 e. The van der Waals surface area contributed by atoms with Gasteiger partial charge in [0.25, 0.3) is 5.91 Å². The number of anilines is 1. The first-order valence-electron chi connectivity index (χ1n) is 7.67. The Morgan fingerprint density at radius 1 is 1.20 bits per heavy atom. The van der Waals surface area contributed by atoms with Crippen LogP contribution >= 0.6 is 22.9 Å². The summed E-state index contributed by atoms with van der Waals surface area (Å²) in [5.41, 5.74) is 1.91. The summed E-state index contributed by atoms with van der Waals surface area (Å²) in [6.07, 6.45) is 0. The van der Waals surface area contributed by atoms with Gasteiger partial charge in [-0.15, -0.1) is 11.3 Å². The van der Waals surface area contributed by atoms with Crippen LogP contribution in [0.5, 0.6) is 0 Å². The Hall–Kier alpha value is -2.44. The number of carbonyl (C=O) groups is 2. The van der Waals surface area contributed by atoms with E-state index in [1.807, 2.05) is 19.1 Å². The third-order valence-corrected chi connectivity index (χ3v) is 4.89. The minimum absolute atomic E-state index is 0.305. The van der Waals surface area contributed by atoms with Crippen molar-refractivity contribution in [3.63, 3.8) is 0 Å². The van der Waals surface area contributed by atoms with Gasteiger partial charge in [-0.1, -0.05) is 23.7 Å². The maximum absolute atomic E-state index is 12.3. The number of rotatable bonds is 4. The van der Waals surface area contributed by atoms with Gasteiger partial charge in [-0.3, -0.25) is 9.59 Å². The fraction of sp³-hybridized carbons (Fsp3) is 0.167. The second-order valence-corrected chi connectivity index (χ2v) is 7.22. The number of aromatic nitrogens is 1. The van der Waals surface area contributed by atoms with E-state index in [1.54, 1.807) is 48.6 Å². The number of nitrogens with zero attached hydrogens (tertiary/aromatic N) is 1. The predicted octanol–water partition coefficient (Wildman–Crippen LogP) is 4.02. The van der Waals surface area contributed by atoms with Crippen LogP contribution in [0.3, 0.4) is 0 Å². The number of thiazole rings is 1. The Morgan fingerprint density at radius 2 is 1.96 bits per heavy atom. The molecule has 0 bridgehead atoms. The van der Waals surface area contributed by atoms with E-state index in [1.165, 1.54) is 0 Å². The molecule has 1 aromatic heterocycles. The molecule has 0 fully saturated rings. The monoisotopic (exact) mass is 373 g/mol. The molecule has 0 saturated carbocycles. The highest BCUT2D eigenvalue weighted by molar-refractivity contribution is 7.18. The molecule has 0 radical (unpaired) electrons. The van der Waals surface area contributed by atoms with Gasteiger partial charge in [-0.2, -0.15) is 0 Å². The van der Waals surface area contributed by atoms with E-state index in [0.717, 1.165) is 15.2 Å². The van der Waals surface area contributed by atoms with Gasteiger partial charge in [0.05, 0.1) is 25.8 Å². The average molecular weight is 374 g/mol. The smallest absolute Gasteiger partial charge is 0.253 e. The van der Waals surface area contributed by atoms with Crippen LogP contribution in [-0.2, 0) is 4.79 Å². The summed E-state index contributed by atoms with van der Waals surface area (Å²) in [6.45, 7) is 3.56. The Balaban J connectivity index is 1.67. The van der Waals surface area contributed by atoms with Crippen molar-refractivity contribution < 1.29 is 9.59 Å². The predicted molar refractivity (Wildman–Crippen MR) is 101 cm³/mol. The minimum Gasteiger partial charge on any atom is -0.340 e. The lowest BCUT2D eigenvalue weighted by Crippen LogP contribution is -2.41. The zero-order chi connectivity index (χ0) is 18.0. The van der Waals surface area contributed by atoms with Gasteiger partial charge < -0.3 is 10.6 Å². The lowest BCUT2D eigenvalue weighted by Gasteiger charge is -2.14. The summed E-state index contributed by atoms with van der Waals surface area (Å²) in [5.74, 6) is -0.692. The number of amides is 2. The fourth-order valence-corrected chi connectivity index (χ4v) is 3.44. The number of halogens is 1. The second-order valence-electron chi connectivity index (χ2n) is 5.58. The Morgan fingerprint density at radius 3 is 2.72 bits per heavy atom. The third kappa shape index (κ3) is 3.97. The van der Waals surface area contributed by atoms with Crippen LogP contribution in [0, 0.1) is 6.92 Å². The molecule has 1 atom stereocenters. The van der Waals surface area contributed by atoms with Crippen molar-refractivity contribution >= 4 is 50.7 Å². The summed E-state index contributed by atoms with van der Waals surface area (Å²) >= 11 is 7.57. The number of hydrogen-bond acceptors (Lipinski definition) is 4. The maximum Gasteiger partial charge on any atom is 0.253 e. The number of carbonyl (C=O) groups excluding carboxylic acids is 2. The van der Waals surface area contributed by atoms with Crippen molar-refractivity contribution in [2.45, 2.75) is 19.9 Å². The van der Waals surface area contributed by atoms with E-state index in [2.05, 4.69) is 15.6 Å². The number of nitrogens with one attached hydrogen (secondary N) is 2. The second kappa shape index (κ2) is 7.21. The van der Waals surface area contributed by atoms with Crippen molar-refractivity contribution in [2.24, 2.45) is 0 Å². The van der Waals surface area contributed by atoms with Crippen LogP contribution in [0.2, 0.25) is 5.02 Å². The molecule has 1 heterocycles. The number of fused-ring (bicyclic) bond motifs is 1. The Kier molecular flexibility index (Phi) is 5.01. The molecule has 0 aliphatic heterocycles. The number of benzene rings is 2. The first-order chi connectivity index (χ1) is 11.9. The fourth-order valence-electron chi connectivity index (χ4n) is 2.35. The SMILES string of the molecule is Cc1nc2ccc(NC(=O)[C@H](C)NC(=O)c3ccccc3Cl)cc2s1. The van der Waals surface area contributed by atoms with Crippen LogP contribution in [0.15, 0.2) is 42.5 Å². The van der Waals surface area contributed by atoms with Crippen LogP contribution < -0.4 is 10.6 Å². The molecule has 3 aromatic rings. The summed E-state index contributed by atoms with van der Waals surface area (Å²) in [4.78, 5) is 28.9. The molecule has 0 spiro atoms. The summed E-state index contributed by atoms with van der Waals surface area (Å²) in [6, 6.07) is 11.5. The van der Waals surface area contributed by atoms with E-state index < -0.39 is 6.04 Å². The average Bonchev–Trinajstić information content (AvgIpc) is 2.94. The zero-order valence-corrected chi connectivity index (χ0v) is 15.2. The normalized spacial score (nSPS) is 12.0.